The van der Waals surface area contributed by atoms with Crippen molar-refractivity contribution in [2.75, 3.05) is 11.9 Å². The van der Waals surface area contributed by atoms with Crippen molar-refractivity contribution in [1.82, 2.24) is 9.88 Å². The average Bonchev–Trinajstić information content (AvgIpc) is 2.77. The Hall–Kier alpha value is -3.81. The molecule has 0 bridgehead atoms. The van der Waals surface area contributed by atoms with Gasteiger partial charge in [0.15, 0.2) is 11.6 Å². The van der Waals surface area contributed by atoms with Crippen LogP contribution in [0.4, 0.5) is 19.4 Å². The number of pyridine rings is 1. The van der Waals surface area contributed by atoms with Gasteiger partial charge in [0.1, 0.15) is 23.2 Å². The number of nitrogens with one attached hydrogen (secondary N) is 1. The SMILES string of the molecule is CCN1Cc2c(Oc3ccc(CC(=O)Cc4ccc(F)cc4)cc3F)ccnc2NC1=O. The number of anilines is 1. The van der Waals surface area contributed by atoms with Crippen molar-refractivity contribution in [3.05, 3.63) is 83.1 Å². The summed E-state index contributed by atoms with van der Waals surface area (Å²) in [5.41, 5.74) is 1.88. The number of Topliss-reactive ketones (excluding diaryl/α,β-unsaturated/α-hetero) is 1. The Morgan fingerprint density at radius 2 is 1.78 bits per heavy atom. The molecular weight excluding hydrogens is 416 g/mol. The van der Waals surface area contributed by atoms with Crippen LogP contribution in [0.5, 0.6) is 11.5 Å². The van der Waals surface area contributed by atoms with Crippen molar-refractivity contribution in [1.29, 1.82) is 0 Å². The molecular formula is C24H21F2N3O3. The molecule has 0 atom stereocenters. The highest BCUT2D eigenvalue weighted by Crippen LogP contribution is 2.34. The minimum atomic E-state index is -0.602. The molecule has 4 rings (SSSR count). The number of fused-ring (bicyclic) bond motifs is 1. The van der Waals surface area contributed by atoms with Gasteiger partial charge in [-0.3, -0.25) is 10.1 Å². The number of benzene rings is 2. The zero-order chi connectivity index (χ0) is 22.7. The second kappa shape index (κ2) is 9.13. The maximum atomic E-state index is 14.7. The van der Waals surface area contributed by atoms with Gasteiger partial charge < -0.3 is 9.64 Å². The summed E-state index contributed by atoms with van der Waals surface area (Å²) in [5, 5.41) is 2.70. The molecule has 0 unspecified atom stereocenters. The maximum absolute atomic E-state index is 14.7. The van der Waals surface area contributed by atoms with E-state index in [1.807, 2.05) is 6.92 Å². The third-order valence-electron chi connectivity index (χ3n) is 5.19. The first-order chi connectivity index (χ1) is 15.4. The summed E-state index contributed by atoms with van der Waals surface area (Å²) in [6.45, 7) is 2.67. The molecule has 8 heteroatoms. The summed E-state index contributed by atoms with van der Waals surface area (Å²) in [7, 11) is 0. The molecule has 1 aliphatic heterocycles. The van der Waals surface area contributed by atoms with Crippen molar-refractivity contribution in [2.45, 2.75) is 26.3 Å². The molecule has 6 nitrogen and oxygen atoms in total. The van der Waals surface area contributed by atoms with Gasteiger partial charge in [-0.05, 0) is 48.4 Å². The second-order valence-electron chi connectivity index (χ2n) is 7.47. The topological polar surface area (TPSA) is 71.5 Å². The molecule has 0 saturated heterocycles. The predicted molar refractivity (Wildman–Crippen MR) is 115 cm³/mol. The summed E-state index contributed by atoms with van der Waals surface area (Å²) in [5.74, 6) is -0.279. The van der Waals surface area contributed by atoms with Crippen molar-refractivity contribution in [2.24, 2.45) is 0 Å². The van der Waals surface area contributed by atoms with E-state index in [4.69, 9.17) is 4.74 Å². The number of carbonyl (C=O) groups is 2. The Balaban J connectivity index is 1.46. The molecule has 1 aromatic heterocycles. The van der Waals surface area contributed by atoms with Gasteiger partial charge in [0.05, 0.1) is 12.1 Å². The minimum absolute atomic E-state index is 0.00748. The number of aromatic nitrogens is 1. The van der Waals surface area contributed by atoms with E-state index < -0.39 is 5.82 Å². The van der Waals surface area contributed by atoms with Gasteiger partial charge in [-0.2, -0.15) is 0 Å². The molecule has 0 radical (unpaired) electrons. The number of carbonyl (C=O) groups excluding carboxylic acids is 2. The lowest BCUT2D eigenvalue weighted by Crippen LogP contribution is -2.38. The van der Waals surface area contributed by atoms with E-state index in [9.17, 15) is 18.4 Å². The minimum Gasteiger partial charge on any atom is -0.454 e. The molecule has 3 aromatic rings. The third kappa shape index (κ3) is 4.74. The largest absolute Gasteiger partial charge is 0.454 e. The van der Waals surface area contributed by atoms with Crippen LogP contribution in [0.15, 0.2) is 54.7 Å². The first-order valence-corrected chi connectivity index (χ1v) is 10.2. The Bertz CT molecular complexity index is 1170. The normalized spacial score (nSPS) is 12.8. The number of rotatable bonds is 7. The molecule has 0 aliphatic carbocycles. The average molecular weight is 437 g/mol. The zero-order valence-corrected chi connectivity index (χ0v) is 17.4. The molecule has 164 valence electrons. The van der Waals surface area contributed by atoms with Gasteiger partial charge in [-0.25, -0.2) is 18.6 Å². The van der Waals surface area contributed by atoms with E-state index in [-0.39, 0.29) is 36.2 Å². The fourth-order valence-electron chi connectivity index (χ4n) is 3.50. The fraction of sp³-hybridized carbons (Fsp3) is 0.208. The predicted octanol–water partition coefficient (Wildman–Crippen LogP) is 4.87. The molecule has 2 heterocycles. The highest BCUT2D eigenvalue weighted by atomic mass is 19.1. The van der Waals surface area contributed by atoms with Gasteiger partial charge in [0.25, 0.3) is 0 Å². The monoisotopic (exact) mass is 437 g/mol. The van der Waals surface area contributed by atoms with Gasteiger partial charge in [0.2, 0.25) is 0 Å². The summed E-state index contributed by atoms with van der Waals surface area (Å²) < 4.78 is 33.5. The number of nitrogens with zero attached hydrogens (tertiary/aromatic N) is 2. The van der Waals surface area contributed by atoms with Gasteiger partial charge >= 0.3 is 6.03 Å². The standard InChI is InChI=1S/C24H21F2N3O3/c1-2-29-14-19-21(9-10-27-23(19)28-24(29)31)32-22-8-5-16(13-20(22)26)12-18(30)11-15-3-6-17(25)7-4-15/h3-10,13H,2,11-12,14H2,1H3,(H,27,28,31). The lowest BCUT2D eigenvalue weighted by molar-refractivity contribution is -0.117. The van der Waals surface area contributed by atoms with E-state index >= 15 is 0 Å². The second-order valence-corrected chi connectivity index (χ2v) is 7.47. The number of hydrogen-bond donors (Lipinski definition) is 1. The van der Waals surface area contributed by atoms with E-state index in [2.05, 4.69) is 10.3 Å². The van der Waals surface area contributed by atoms with Crippen LogP contribution in [0.1, 0.15) is 23.6 Å². The van der Waals surface area contributed by atoms with Crippen LogP contribution in [0.2, 0.25) is 0 Å². The maximum Gasteiger partial charge on any atom is 0.323 e. The smallest absolute Gasteiger partial charge is 0.323 e. The number of amides is 2. The van der Waals surface area contributed by atoms with Gasteiger partial charge in [0, 0.05) is 25.6 Å². The lowest BCUT2D eigenvalue weighted by atomic mass is 10.0. The molecule has 0 fully saturated rings. The Morgan fingerprint density at radius 3 is 2.50 bits per heavy atom. The Labute approximate surface area is 183 Å². The zero-order valence-electron chi connectivity index (χ0n) is 17.4. The van der Waals surface area contributed by atoms with Gasteiger partial charge in [-0.15, -0.1) is 0 Å². The van der Waals surface area contributed by atoms with Crippen LogP contribution in [-0.2, 0) is 24.2 Å². The van der Waals surface area contributed by atoms with E-state index in [1.165, 1.54) is 30.5 Å². The van der Waals surface area contributed by atoms with Crippen molar-refractivity contribution >= 4 is 17.6 Å². The first kappa shape index (κ1) is 21.4. The summed E-state index contributed by atoms with van der Waals surface area (Å²) in [6, 6.07) is 11.5. The molecule has 1 N–H and O–H groups in total. The van der Waals surface area contributed by atoms with Crippen LogP contribution < -0.4 is 10.1 Å². The van der Waals surface area contributed by atoms with Crippen LogP contribution in [0, 0.1) is 11.6 Å². The van der Waals surface area contributed by atoms with Crippen LogP contribution in [0.25, 0.3) is 0 Å². The van der Waals surface area contributed by atoms with Gasteiger partial charge in [-0.1, -0.05) is 18.2 Å². The van der Waals surface area contributed by atoms with Crippen molar-refractivity contribution < 1.29 is 23.1 Å². The molecule has 0 saturated carbocycles. The molecule has 2 amide bonds. The fourth-order valence-corrected chi connectivity index (χ4v) is 3.50. The Kier molecular flexibility index (Phi) is 6.11. The first-order valence-electron chi connectivity index (χ1n) is 10.2. The quantitative estimate of drug-likeness (QED) is 0.572. The van der Waals surface area contributed by atoms with E-state index in [1.54, 1.807) is 29.2 Å². The molecule has 2 aromatic carbocycles. The summed E-state index contributed by atoms with van der Waals surface area (Å²) >= 11 is 0. The lowest BCUT2D eigenvalue weighted by Gasteiger charge is -2.28. The molecule has 32 heavy (non-hydrogen) atoms. The van der Waals surface area contributed by atoms with Crippen molar-refractivity contribution in [3.63, 3.8) is 0 Å². The third-order valence-corrected chi connectivity index (χ3v) is 5.19. The summed E-state index contributed by atoms with van der Waals surface area (Å²) in [4.78, 5) is 30.0. The highest BCUT2D eigenvalue weighted by Gasteiger charge is 2.25. The number of ketones is 1. The van der Waals surface area contributed by atoms with Crippen LogP contribution >= 0.6 is 0 Å². The number of hydrogen-bond acceptors (Lipinski definition) is 4. The molecule has 1 aliphatic rings. The number of urea groups is 1. The van der Waals surface area contributed by atoms with Crippen LogP contribution in [0.3, 0.4) is 0 Å². The number of halogens is 2. The van der Waals surface area contributed by atoms with Crippen LogP contribution in [-0.4, -0.2) is 28.2 Å². The van der Waals surface area contributed by atoms with E-state index in [0.717, 1.165) is 0 Å². The van der Waals surface area contributed by atoms with E-state index in [0.29, 0.717) is 41.3 Å². The molecule has 0 spiro atoms. The van der Waals surface area contributed by atoms with Crippen molar-refractivity contribution in [3.8, 4) is 11.5 Å². The summed E-state index contributed by atoms with van der Waals surface area (Å²) in [6.07, 6.45) is 1.68. The Morgan fingerprint density at radius 1 is 1.06 bits per heavy atom. The number of ether oxygens (including phenoxy) is 1. The highest BCUT2D eigenvalue weighted by molar-refractivity contribution is 5.91.